The summed E-state index contributed by atoms with van der Waals surface area (Å²) >= 11 is 0. The Morgan fingerprint density at radius 2 is 1.57 bits per heavy atom. The number of hydrogen-bond donors (Lipinski definition) is 1. The molecule has 0 heterocycles. The van der Waals surface area contributed by atoms with E-state index < -0.39 is 10.0 Å². The van der Waals surface area contributed by atoms with Gasteiger partial charge in [-0.3, -0.25) is 0 Å². The lowest BCUT2D eigenvalue weighted by atomic mass is 10.1. The van der Waals surface area contributed by atoms with Crippen molar-refractivity contribution in [2.45, 2.75) is 11.5 Å². The van der Waals surface area contributed by atoms with Crippen molar-refractivity contribution in [3.63, 3.8) is 0 Å². The average molecular weight is 417 g/mol. The second kappa shape index (κ2) is 8.80. The largest absolute Gasteiger partial charge is 0.489 e. The van der Waals surface area contributed by atoms with Crippen LogP contribution in [0, 0.1) is 0 Å². The normalized spacial score (nSPS) is 11.6. The maximum absolute atomic E-state index is 12.2. The van der Waals surface area contributed by atoms with Gasteiger partial charge < -0.3 is 4.74 Å². The number of nitrogens with one attached hydrogen (secondary N) is 1. The van der Waals surface area contributed by atoms with Gasteiger partial charge in [-0.05, 0) is 46.2 Å². The first-order valence-corrected chi connectivity index (χ1v) is 10.9. The zero-order valence-corrected chi connectivity index (χ0v) is 16.9. The molecule has 0 spiro atoms. The summed E-state index contributed by atoms with van der Waals surface area (Å²) in [5.74, 6) is 0.679. The van der Waals surface area contributed by atoms with E-state index >= 15 is 0 Å². The number of fused-ring (bicyclic) bond motifs is 1. The van der Waals surface area contributed by atoms with Gasteiger partial charge in [0.15, 0.2) is 0 Å². The topological polar surface area (TPSA) is 67.8 Å². The zero-order chi connectivity index (χ0) is 20.8. The molecule has 5 nitrogen and oxygen atoms in total. The van der Waals surface area contributed by atoms with E-state index in [0.717, 1.165) is 16.5 Å². The molecule has 6 heteroatoms. The third kappa shape index (κ3) is 4.67. The molecule has 4 aromatic rings. The summed E-state index contributed by atoms with van der Waals surface area (Å²) < 4.78 is 30.4. The highest BCUT2D eigenvalue weighted by Crippen LogP contribution is 2.21. The fraction of sp³-hybridized carbons (Fsp3) is 0.0417. The molecule has 0 radical (unpaired) electrons. The standard InChI is InChI=1S/C24H20N2O3S/c27-30(28,23-13-2-1-3-14-23)26-25-17-19-8-6-12-22(16-19)29-18-21-11-7-10-20-9-4-5-15-24(20)21/h1-17,26H,18H2/b25-17-. The predicted molar refractivity (Wildman–Crippen MR) is 119 cm³/mol. The molecule has 1 N–H and O–H groups in total. The van der Waals surface area contributed by atoms with Gasteiger partial charge >= 0.3 is 0 Å². The molecule has 4 aromatic carbocycles. The third-order valence-corrected chi connectivity index (χ3v) is 5.81. The SMILES string of the molecule is O=S(=O)(N/N=C\c1cccc(OCc2cccc3ccccc23)c1)c1ccccc1. The summed E-state index contributed by atoms with van der Waals surface area (Å²) in [6, 6.07) is 29.8. The smallest absolute Gasteiger partial charge is 0.276 e. The minimum absolute atomic E-state index is 0.161. The maximum atomic E-state index is 12.2. The van der Waals surface area contributed by atoms with E-state index in [4.69, 9.17) is 4.74 Å². The highest BCUT2D eigenvalue weighted by molar-refractivity contribution is 7.89. The van der Waals surface area contributed by atoms with Crippen molar-refractivity contribution in [2.24, 2.45) is 5.10 Å². The first-order valence-electron chi connectivity index (χ1n) is 9.41. The van der Waals surface area contributed by atoms with Gasteiger partial charge in [-0.2, -0.15) is 13.5 Å². The monoisotopic (exact) mass is 416 g/mol. The molecule has 0 atom stereocenters. The van der Waals surface area contributed by atoms with Crippen molar-refractivity contribution >= 4 is 27.0 Å². The van der Waals surface area contributed by atoms with Crippen LogP contribution >= 0.6 is 0 Å². The number of nitrogens with zero attached hydrogens (tertiary/aromatic N) is 1. The van der Waals surface area contributed by atoms with Crippen LogP contribution in [-0.4, -0.2) is 14.6 Å². The molecule has 0 aliphatic carbocycles. The molecule has 0 aliphatic heterocycles. The molecule has 0 saturated carbocycles. The molecule has 0 aliphatic rings. The van der Waals surface area contributed by atoms with E-state index in [9.17, 15) is 8.42 Å². The van der Waals surface area contributed by atoms with E-state index in [1.54, 1.807) is 18.2 Å². The van der Waals surface area contributed by atoms with Crippen LogP contribution in [0.3, 0.4) is 0 Å². The van der Waals surface area contributed by atoms with Crippen molar-refractivity contribution in [1.29, 1.82) is 0 Å². The molecule has 0 aromatic heterocycles. The first-order chi connectivity index (χ1) is 14.6. The number of hydrazone groups is 1. The minimum Gasteiger partial charge on any atom is -0.489 e. The van der Waals surface area contributed by atoms with Crippen LogP contribution in [0.2, 0.25) is 0 Å². The lowest BCUT2D eigenvalue weighted by molar-refractivity contribution is 0.307. The van der Waals surface area contributed by atoms with Crippen molar-refractivity contribution < 1.29 is 13.2 Å². The minimum atomic E-state index is -3.69. The Balaban J connectivity index is 1.43. The van der Waals surface area contributed by atoms with Gasteiger partial charge in [0.1, 0.15) is 12.4 Å². The lowest BCUT2D eigenvalue weighted by Crippen LogP contribution is -2.18. The van der Waals surface area contributed by atoms with Gasteiger partial charge in [0.2, 0.25) is 0 Å². The van der Waals surface area contributed by atoms with E-state index in [1.165, 1.54) is 23.7 Å². The van der Waals surface area contributed by atoms with Gasteiger partial charge in [-0.1, -0.05) is 72.8 Å². The van der Waals surface area contributed by atoms with Crippen LogP contribution in [-0.2, 0) is 16.6 Å². The van der Waals surface area contributed by atoms with Crippen LogP contribution < -0.4 is 9.57 Å². The van der Waals surface area contributed by atoms with Crippen LogP contribution in [0.1, 0.15) is 11.1 Å². The Hall–Kier alpha value is -3.64. The van der Waals surface area contributed by atoms with Gasteiger partial charge in [-0.25, -0.2) is 4.83 Å². The van der Waals surface area contributed by atoms with Crippen molar-refractivity contribution in [1.82, 2.24) is 4.83 Å². The molecule has 30 heavy (non-hydrogen) atoms. The van der Waals surface area contributed by atoms with Gasteiger partial charge in [0, 0.05) is 0 Å². The predicted octanol–water partition coefficient (Wildman–Crippen LogP) is 4.73. The Kier molecular flexibility index (Phi) is 5.77. The number of hydrogen-bond acceptors (Lipinski definition) is 4. The molecular formula is C24H20N2O3S. The summed E-state index contributed by atoms with van der Waals surface area (Å²) in [6.07, 6.45) is 1.45. The molecule has 4 rings (SSSR count). The lowest BCUT2D eigenvalue weighted by Gasteiger charge is -2.09. The Morgan fingerprint density at radius 1 is 0.833 bits per heavy atom. The van der Waals surface area contributed by atoms with Crippen molar-refractivity contribution in [3.05, 3.63) is 108 Å². The molecule has 0 amide bonds. The van der Waals surface area contributed by atoms with Crippen LogP contribution in [0.5, 0.6) is 5.75 Å². The average Bonchev–Trinajstić information content (AvgIpc) is 2.78. The summed E-state index contributed by atoms with van der Waals surface area (Å²) in [5.41, 5.74) is 1.82. The Labute approximate surface area is 175 Å². The van der Waals surface area contributed by atoms with Crippen molar-refractivity contribution in [3.8, 4) is 5.75 Å². The second-order valence-electron chi connectivity index (χ2n) is 6.67. The number of ether oxygens (including phenoxy) is 1. The van der Waals surface area contributed by atoms with E-state index in [-0.39, 0.29) is 4.90 Å². The van der Waals surface area contributed by atoms with E-state index in [1.807, 2.05) is 48.5 Å². The van der Waals surface area contributed by atoms with Gasteiger partial charge in [0.25, 0.3) is 10.0 Å². The zero-order valence-electron chi connectivity index (χ0n) is 16.1. The fourth-order valence-corrected chi connectivity index (χ4v) is 3.90. The molecule has 150 valence electrons. The summed E-state index contributed by atoms with van der Waals surface area (Å²) in [7, 11) is -3.69. The van der Waals surface area contributed by atoms with Crippen molar-refractivity contribution in [2.75, 3.05) is 0 Å². The quantitative estimate of drug-likeness (QED) is 0.350. The van der Waals surface area contributed by atoms with Gasteiger partial charge in [-0.15, -0.1) is 0 Å². The van der Waals surface area contributed by atoms with E-state index in [0.29, 0.717) is 12.4 Å². The summed E-state index contributed by atoms with van der Waals surface area (Å²) in [5, 5.41) is 6.20. The highest BCUT2D eigenvalue weighted by Gasteiger charge is 2.11. The molecule has 0 bridgehead atoms. The number of sulfonamides is 1. The summed E-state index contributed by atoms with van der Waals surface area (Å²) in [6.45, 7) is 0.433. The molecule has 0 fully saturated rings. The fourth-order valence-electron chi connectivity index (χ4n) is 3.09. The van der Waals surface area contributed by atoms with Crippen LogP contribution in [0.25, 0.3) is 10.8 Å². The first kappa shape index (κ1) is 19.7. The highest BCUT2D eigenvalue weighted by atomic mass is 32.2. The Morgan fingerprint density at radius 3 is 2.43 bits per heavy atom. The molecule has 0 saturated heterocycles. The second-order valence-corrected chi connectivity index (χ2v) is 8.33. The maximum Gasteiger partial charge on any atom is 0.276 e. The van der Waals surface area contributed by atoms with Crippen LogP contribution in [0.4, 0.5) is 0 Å². The van der Waals surface area contributed by atoms with Gasteiger partial charge in [0.05, 0.1) is 11.1 Å². The Bertz CT molecular complexity index is 1280. The third-order valence-electron chi connectivity index (χ3n) is 4.57. The number of rotatable bonds is 7. The molecule has 0 unspecified atom stereocenters. The van der Waals surface area contributed by atoms with E-state index in [2.05, 4.69) is 28.1 Å². The summed E-state index contributed by atoms with van der Waals surface area (Å²) in [4.78, 5) is 2.38. The number of benzene rings is 4. The van der Waals surface area contributed by atoms with Crippen LogP contribution in [0.15, 0.2) is 107 Å². The molecular weight excluding hydrogens is 396 g/mol.